The van der Waals surface area contributed by atoms with Crippen LogP contribution in [0.1, 0.15) is 30.7 Å². The fourth-order valence-electron chi connectivity index (χ4n) is 2.44. The van der Waals surface area contributed by atoms with Gasteiger partial charge in [0.2, 0.25) is 5.91 Å². The van der Waals surface area contributed by atoms with Gasteiger partial charge in [0.25, 0.3) is 0 Å². The maximum Gasteiger partial charge on any atom is 0.303 e. The van der Waals surface area contributed by atoms with E-state index in [4.69, 9.17) is 28.3 Å². The quantitative estimate of drug-likeness (QED) is 0.869. The minimum Gasteiger partial charge on any atom is -0.481 e. The third-order valence-electron chi connectivity index (χ3n) is 3.74. The molecular weight excluding hydrogens is 313 g/mol. The Morgan fingerprint density at radius 1 is 1.33 bits per heavy atom. The van der Waals surface area contributed by atoms with Crippen LogP contribution in [0.4, 0.5) is 0 Å². The molecule has 0 bridgehead atoms. The lowest BCUT2D eigenvalue weighted by Gasteiger charge is -2.16. The molecule has 1 aromatic carbocycles. The predicted molar refractivity (Wildman–Crippen MR) is 81.8 cm³/mol. The van der Waals surface area contributed by atoms with Crippen molar-refractivity contribution in [3.8, 4) is 0 Å². The van der Waals surface area contributed by atoms with E-state index in [1.165, 1.54) is 0 Å². The maximum absolute atomic E-state index is 12.2. The minimum atomic E-state index is -0.837. The first kappa shape index (κ1) is 16.1. The normalized spacial score (nSPS) is 20.1. The van der Waals surface area contributed by atoms with Gasteiger partial charge in [0.15, 0.2) is 0 Å². The largest absolute Gasteiger partial charge is 0.481 e. The van der Waals surface area contributed by atoms with E-state index in [0.29, 0.717) is 23.0 Å². The molecule has 21 heavy (non-hydrogen) atoms. The number of carbonyl (C=O) groups excluding carboxylic acids is 1. The Kier molecular flexibility index (Phi) is 5.12. The van der Waals surface area contributed by atoms with Crippen LogP contribution in [-0.2, 0) is 9.59 Å². The van der Waals surface area contributed by atoms with Crippen molar-refractivity contribution >= 4 is 35.1 Å². The highest BCUT2D eigenvalue weighted by atomic mass is 35.5. The number of hydrogen-bond donors (Lipinski definition) is 1. The molecule has 114 valence electrons. The Bertz CT molecular complexity index is 562. The molecule has 1 fully saturated rings. The van der Waals surface area contributed by atoms with Gasteiger partial charge in [-0.2, -0.15) is 0 Å². The van der Waals surface area contributed by atoms with Gasteiger partial charge in [-0.25, -0.2) is 0 Å². The van der Waals surface area contributed by atoms with Crippen molar-refractivity contribution in [2.75, 3.05) is 13.6 Å². The molecule has 1 amide bonds. The summed E-state index contributed by atoms with van der Waals surface area (Å²) in [5.41, 5.74) is 1.03. The van der Waals surface area contributed by atoms with Gasteiger partial charge in [-0.1, -0.05) is 29.3 Å². The van der Waals surface area contributed by atoms with Gasteiger partial charge in [0.05, 0.1) is 10.0 Å². The number of carboxylic acids is 1. The lowest BCUT2D eigenvalue weighted by Crippen LogP contribution is -2.29. The zero-order valence-corrected chi connectivity index (χ0v) is 13.2. The molecular formula is C15H17Cl2NO3. The molecule has 1 aromatic rings. The highest BCUT2D eigenvalue weighted by Gasteiger charge is 2.45. The Morgan fingerprint density at radius 2 is 2.05 bits per heavy atom. The molecule has 1 aliphatic carbocycles. The monoisotopic (exact) mass is 329 g/mol. The standard InChI is InChI=1S/C15H17Cl2NO3/c1-18(6-2-3-14(19)20)15(21)11-8-10(11)9-4-5-12(16)13(17)7-9/h4-5,7,10-11H,2-3,6,8H2,1H3,(H,19,20). The molecule has 4 nitrogen and oxygen atoms in total. The number of halogens is 2. The zero-order chi connectivity index (χ0) is 15.6. The fourth-order valence-corrected chi connectivity index (χ4v) is 2.75. The van der Waals surface area contributed by atoms with E-state index in [-0.39, 0.29) is 24.2 Å². The van der Waals surface area contributed by atoms with Crippen LogP contribution in [0.2, 0.25) is 10.0 Å². The number of aliphatic carboxylic acids is 1. The highest BCUT2D eigenvalue weighted by Crippen LogP contribution is 2.49. The minimum absolute atomic E-state index is 0.0305. The number of amides is 1. The summed E-state index contributed by atoms with van der Waals surface area (Å²) in [4.78, 5) is 24.3. The third kappa shape index (κ3) is 4.11. The van der Waals surface area contributed by atoms with Gasteiger partial charge in [0, 0.05) is 25.9 Å². The summed E-state index contributed by atoms with van der Waals surface area (Å²) in [6, 6.07) is 5.46. The van der Waals surface area contributed by atoms with Crippen molar-refractivity contribution in [1.29, 1.82) is 0 Å². The molecule has 0 heterocycles. The number of carboxylic acid groups (broad SMARTS) is 1. The average molecular weight is 330 g/mol. The first-order chi connectivity index (χ1) is 9.90. The van der Waals surface area contributed by atoms with Crippen LogP contribution in [0, 0.1) is 5.92 Å². The van der Waals surface area contributed by atoms with Gasteiger partial charge in [0.1, 0.15) is 0 Å². The summed E-state index contributed by atoms with van der Waals surface area (Å²) in [6.07, 6.45) is 1.36. The first-order valence-corrected chi connectivity index (χ1v) is 7.57. The Hall–Kier alpha value is -1.26. The smallest absolute Gasteiger partial charge is 0.303 e. The molecule has 6 heteroatoms. The van der Waals surface area contributed by atoms with Gasteiger partial charge in [-0.15, -0.1) is 0 Å². The number of benzene rings is 1. The number of hydrogen-bond acceptors (Lipinski definition) is 2. The lowest BCUT2D eigenvalue weighted by molar-refractivity contribution is -0.138. The van der Waals surface area contributed by atoms with Crippen molar-refractivity contribution in [2.45, 2.75) is 25.2 Å². The Morgan fingerprint density at radius 3 is 2.67 bits per heavy atom. The van der Waals surface area contributed by atoms with Crippen LogP contribution in [0.3, 0.4) is 0 Å². The van der Waals surface area contributed by atoms with Crippen molar-refractivity contribution < 1.29 is 14.7 Å². The van der Waals surface area contributed by atoms with E-state index < -0.39 is 5.97 Å². The van der Waals surface area contributed by atoms with Gasteiger partial charge in [-0.3, -0.25) is 9.59 Å². The average Bonchev–Trinajstić information content (AvgIpc) is 3.20. The van der Waals surface area contributed by atoms with Crippen LogP contribution in [0.5, 0.6) is 0 Å². The molecule has 2 atom stereocenters. The summed E-state index contributed by atoms with van der Waals surface area (Å²) >= 11 is 11.9. The highest BCUT2D eigenvalue weighted by molar-refractivity contribution is 6.42. The Balaban J connectivity index is 1.88. The van der Waals surface area contributed by atoms with Crippen molar-refractivity contribution in [3.05, 3.63) is 33.8 Å². The van der Waals surface area contributed by atoms with E-state index in [0.717, 1.165) is 12.0 Å². The molecule has 2 unspecified atom stereocenters. The molecule has 0 aliphatic heterocycles. The van der Waals surface area contributed by atoms with Crippen LogP contribution >= 0.6 is 23.2 Å². The van der Waals surface area contributed by atoms with Gasteiger partial charge < -0.3 is 10.0 Å². The zero-order valence-electron chi connectivity index (χ0n) is 11.7. The van der Waals surface area contributed by atoms with E-state index in [9.17, 15) is 9.59 Å². The molecule has 2 rings (SSSR count). The number of rotatable bonds is 6. The van der Waals surface area contributed by atoms with Gasteiger partial charge >= 0.3 is 5.97 Å². The second kappa shape index (κ2) is 6.67. The molecule has 0 saturated heterocycles. The molecule has 1 aliphatic rings. The van der Waals surface area contributed by atoms with Crippen molar-refractivity contribution in [1.82, 2.24) is 4.90 Å². The Labute approximate surface area is 133 Å². The topological polar surface area (TPSA) is 57.6 Å². The lowest BCUT2D eigenvalue weighted by atomic mass is 10.1. The van der Waals surface area contributed by atoms with Crippen LogP contribution in [0.25, 0.3) is 0 Å². The number of nitrogens with zero attached hydrogens (tertiary/aromatic N) is 1. The van der Waals surface area contributed by atoms with Crippen LogP contribution < -0.4 is 0 Å². The van der Waals surface area contributed by atoms with Crippen LogP contribution in [-0.4, -0.2) is 35.5 Å². The summed E-state index contributed by atoms with van der Waals surface area (Å²) in [7, 11) is 1.72. The van der Waals surface area contributed by atoms with Crippen molar-refractivity contribution in [2.24, 2.45) is 5.92 Å². The van der Waals surface area contributed by atoms with E-state index in [1.807, 2.05) is 12.1 Å². The third-order valence-corrected chi connectivity index (χ3v) is 4.48. The number of carbonyl (C=O) groups is 2. The molecule has 0 spiro atoms. The SMILES string of the molecule is CN(CCCC(=O)O)C(=O)C1CC1c1ccc(Cl)c(Cl)c1. The van der Waals surface area contributed by atoms with Crippen LogP contribution in [0.15, 0.2) is 18.2 Å². The summed E-state index contributed by atoms with van der Waals surface area (Å²) < 4.78 is 0. The second-order valence-corrected chi connectivity index (χ2v) is 6.19. The molecule has 1 saturated carbocycles. The van der Waals surface area contributed by atoms with Crippen molar-refractivity contribution in [3.63, 3.8) is 0 Å². The summed E-state index contributed by atoms with van der Waals surface area (Å²) in [5.74, 6) is -0.612. The summed E-state index contributed by atoms with van der Waals surface area (Å²) in [5, 5.41) is 9.61. The van der Waals surface area contributed by atoms with Gasteiger partial charge in [-0.05, 0) is 36.5 Å². The molecule has 0 radical (unpaired) electrons. The maximum atomic E-state index is 12.2. The molecule has 0 aromatic heterocycles. The predicted octanol–water partition coefficient (Wildman–Crippen LogP) is 3.42. The summed E-state index contributed by atoms with van der Waals surface area (Å²) in [6.45, 7) is 0.468. The van der Waals surface area contributed by atoms with E-state index in [2.05, 4.69) is 0 Å². The fraction of sp³-hybridized carbons (Fsp3) is 0.467. The second-order valence-electron chi connectivity index (χ2n) is 5.38. The van der Waals surface area contributed by atoms with E-state index in [1.54, 1.807) is 18.0 Å². The molecule has 1 N–H and O–H groups in total. The first-order valence-electron chi connectivity index (χ1n) is 6.82. The van der Waals surface area contributed by atoms with E-state index >= 15 is 0 Å².